The van der Waals surface area contributed by atoms with E-state index in [0.717, 1.165) is 11.1 Å². The molecule has 0 amide bonds. The maximum atomic E-state index is 5.50. The van der Waals surface area contributed by atoms with Crippen LogP contribution in [0, 0.1) is 6.92 Å². The molecule has 0 aliphatic rings. The van der Waals surface area contributed by atoms with Gasteiger partial charge in [0.2, 0.25) is 5.75 Å². The number of hydrogen-bond donors (Lipinski definition) is 0. The Hall–Kier alpha value is -2.16. The van der Waals surface area contributed by atoms with E-state index in [1.807, 2.05) is 18.2 Å². The molecule has 0 fully saturated rings. The van der Waals surface area contributed by atoms with Crippen molar-refractivity contribution in [2.75, 3.05) is 21.3 Å². The van der Waals surface area contributed by atoms with Gasteiger partial charge >= 0.3 is 0 Å². The van der Waals surface area contributed by atoms with E-state index < -0.39 is 0 Å². The summed E-state index contributed by atoms with van der Waals surface area (Å²) in [5.41, 5.74) is 3.29. The van der Waals surface area contributed by atoms with Crippen LogP contribution < -0.4 is 14.2 Å². The molecule has 0 saturated heterocycles. The van der Waals surface area contributed by atoms with Gasteiger partial charge in [0.05, 0.1) is 21.3 Å². The highest BCUT2D eigenvalue weighted by molar-refractivity contribution is 5.76. The van der Waals surface area contributed by atoms with E-state index in [9.17, 15) is 0 Å². The lowest BCUT2D eigenvalue weighted by molar-refractivity contribution is 0.325. The fourth-order valence-electron chi connectivity index (χ4n) is 2.14. The molecule has 0 heterocycles. The molecule has 0 aliphatic carbocycles. The van der Waals surface area contributed by atoms with Gasteiger partial charge in [-0.05, 0) is 24.6 Å². The molecule has 2 aromatic rings. The molecule has 100 valence electrons. The number of hydrogen-bond acceptors (Lipinski definition) is 3. The summed E-state index contributed by atoms with van der Waals surface area (Å²) in [5.74, 6) is 1.97. The van der Waals surface area contributed by atoms with Crippen molar-refractivity contribution in [3.63, 3.8) is 0 Å². The van der Waals surface area contributed by atoms with E-state index in [2.05, 4.69) is 25.1 Å². The first-order valence-corrected chi connectivity index (χ1v) is 6.07. The fourth-order valence-corrected chi connectivity index (χ4v) is 2.14. The molecule has 0 radical (unpaired) electrons. The summed E-state index contributed by atoms with van der Waals surface area (Å²) in [4.78, 5) is 0. The molecule has 3 heteroatoms. The lowest BCUT2D eigenvalue weighted by Gasteiger charge is -2.16. The van der Waals surface area contributed by atoms with Crippen LogP contribution in [0.4, 0.5) is 0 Å². The van der Waals surface area contributed by atoms with Crippen molar-refractivity contribution < 1.29 is 14.2 Å². The molecule has 0 spiro atoms. The second kappa shape index (κ2) is 5.65. The van der Waals surface area contributed by atoms with Crippen LogP contribution in [-0.4, -0.2) is 21.3 Å². The van der Waals surface area contributed by atoms with E-state index >= 15 is 0 Å². The van der Waals surface area contributed by atoms with Crippen molar-refractivity contribution in [2.24, 2.45) is 0 Å². The summed E-state index contributed by atoms with van der Waals surface area (Å²) in [6, 6.07) is 12.1. The monoisotopic (exact) mass is 258 g/mol. The molecule has 2 rings (SSSR count). The van der Waals surface area contributed by atoms with Crippen molar-refractivity contribution in [3.8, 4) is 28.4 Å². The zero-order valence-corrected chi connectivity index (χ0v) is 11.7. The average molecular weight is 258 g/mol. The quantitative estimate of drug-likeness (QED) is 0.837. The molecule has 0 atom stereocenters. The summed E-state index contributed by atoms with van der Waals surface area (Å²) in [6.07, 6.45) is 0. The highest BCUT2D eigenvalue weighted by atomic mass is 16.5. The molecule has 2 aromatic carbocycles. The Bertz CT molecular complexity index is 576. The largest absolute Gasteiger partial charge is 0.493 e. The summed E-state index contributed by atoms with van der Waals surface area (Å²) in [5, 5.41) is 0. The second-order valence-corrected chi connectivity index (χ2v) is 4.25. The third-order valence-electron chi connectivity index (χ3n) is 3.03. The SMILES string of the molecule is COc1ccc(-c2cccc(C)c2)c(OC)c1OC. The van der Waals surface area contributed by atoms with Gasteiger partial charge in [0, 0.05) is 5.56 Å². The Morgan fingerprint density at radius 3 is 2.11 bits per heavy atom. The zero-order chi connectivity index (χ0) is 13.8. The van der Waals surface area contributed by atoms with Crippen molar-refractivity contribution in [1.29, 1.82) is 0 Å². The van der Waals surface area contributed by atoms with E-state index in [1.54, 1.807) is 21.3 Å². The van der Waals surface area contributed by atoms with Gasteiger partial charge < -0.3 is 14.2 Å². The molecular weight excluding hydrogens is 240 g/mol. The second-order valence-electron chi connectivity index (χ2n) is 4.25. The van der Waals surface area contributed by atoms with Crippen molar-refractivity contribution in [1.82, 2.24) is 0 Å². The van der Waals surface area contributed by atoms with Crippen LogP contribution in [0.1, 0.15) is 5.56 Å². The molecule has 0 N–H and O–H groups in total. The molecule has 0 unspecified atom stereocenters. The fraction of sp³-hybridized carbons (Fsp3) is 0.250. The minimum Gasteiger partial charge on any atom is -0.493 e. The van der Waals surface area contributed by atoms with Gasteiger partial charge in [-0.1, -0.05) is 29.8 Å². The number of benzene rings is 2. The summed E-state index contributed by atoms with van der Waals surface area (Å²) < 4.78 is 16.2. The lowest BCUT2D eigenvalue weighted by atomic mass is 10.0. The highest BCUT2D eigenvalue weighted by Crippen LogP contribution is 2.44. The van der Waals surface area contributed by atoms with Gasteiger partial charge in [0.25, 0.3) is 0 Å². The van der Waals surface area contributed by atoms with Crippen LogP contribution in [0.25, 0.3) is 11.1 Å². The number of ether oxygens (including phenoxy) is 3. The van der Waals surface area contributed by atoms with Crippen LogP contribution in [0.5, 0.6) is 17.2 Å². The van der Waals surface area contributed by atoms with Crippen LogP contribution in [0.3, 0.4) is 0 Å². The first kappa shape index (κ1) is 13.3. The molecule has 19 heavy (non-hydrogen) atoms. The Kier molecular flexibility index (Phi) is 3.95. The smallest absolute Gasteiger partial charge is 0.203 e. The van der Waals surface area contributed by atoms with Crippen LogP contribution in [0.2, 0.25) is 0 Å². The van der Waals surface area contributed by atoms with Gasteiger partial charge in [0.15, 0.2) is 11.5 Å². The molecule has 0 aliphatic heterocycles. The molecular formula is C16H18O3. The Labute approximate surface area is 113 Å². The van der Waals surface area contributed by atoms with E-state index in [4.69, 9.17) is 14.2 Å². The predicted molar refractivity (Wildman–Crippen MR) is 76.3 cm³/mol. The van der Waals surface area contributed by atoms with Crippen LogP contribution in [0.15, 0.2) is 36.4 Å². The minimum absolute atomic E-state index is 0.615. The van der Waals surface area contributed by atoms with E-state index in [-0.39, 0.29) is 0 Å². The van der Waals surface area contributed by atoms with Gasteiger partial charge in [-0.15, -0.1) is 0 Å². The highest BCUT2D eigenvalue weighted by Gasteiger charge is 2.16. The normalized spacial score (nSPS) is 10.1. The first-order valence-electron chi connectivity index (χ1n) is 6.07. The maximum absolute atomic E-state index is 5.50. The standard InChI is InChI=1S/C16H18O3/c1-11-6-5-7-12(10-11)13-8-9-14(17-2)16(19-4)15(13)18-3/h5-10H,1-4H3. The number of aryl methyl sites for hydroxylation is 1. The predicted octanol–water partition coefficient (Wildman–Crippen LogP) is 3.69. The molecule has 0 saturated carbocycles. The summed E-state index contributed by atoms with van der Waals surface area (Å²) >= 11 is 0. The topological polar surface area (TPSA) is 27.7 Å². The van der Waals surface area contributed by atoms with Gasteiger partial charge in [-0.25, -0.2) is 0 Å². The van der Waals surface area contributed by atoms with Gasteiger partial charge in [-0.2, -0.15) is 0 Å². The van der Waals surface area contributed by atoms with E-state index in [1.165, 1.54) is 5.56 Å². The van der Waals surface area contributed by atoms with Gasteiger partial charge in [0.1, 0.15) is 0 Å². The minimum atomic E-state index is 0.615. The first-order chi connectivity index (χ1) is 9.21. The Balaban J connectivity index is 2.64. The van der Waals surface area contributed by atoms with Crippen molar-refractivity contribution in [3.05, 3.63) is 42.0 Å². The maximum Gasteiger partial charge on any atom is 0.203 e. The molecule has 0 bridgehead atoms. The Morgan fingerprint density at radius 2 is 1.53 bits per heavy atom. The summed E-state index contributed by atoms with van der Waals surface area (Å²) in [7, 11) is 4.86. The Morgan fingerprint density at radius 1 is 0.789 bits per heavy atom. The average Bonchev–Trinajstić information content (AvgIpc) is 2.45. The van der Waals surface area contributed by atoms with Crippen LogP contribution in [-0.2, 0) is 0 Å². The molecule has 3 nitrogen and oxygen atoms in total. The summed E-state index contributed by atoms with van der Waals surface area (Å²) in [6.45, 7) is 2.07. The van der Waals surface area contributed by atoms with E-state index in [0.29, 0.717) is 17.2 Å². The van der Waals surface area contributed by atoms with Crippen LogP contribution >= 0.6 is 0 Å². The van der Waals surface area contributed by atoms with Crippen molar-refractivity contribution >= 4 is 0 Å². The van der Waals surface area contributed by atoms with Crippen molar-refractivity contribution in [2.45, 2.75) is 6.92 Å². The third kappa shape index (κ3) is 2.50. The third-order valence-corrected chi connectivity index (χ3v) is 3.03. The van der Waals surface area contributed by atoms with Gasteiger partial charge in [-0.3, -0.25) is 0 Å². The number of rotatable bonds is 4. The lowest BCUT2D eigenvalue weighted by Crippen LogP contribution is -1.96. The number of methoxy groups -OCH3 is 3. The molecule has 0 aromatic heterocycles. The zero-order valence-electron chi connectivity index (χ0n) is 11.7.